The van der Waals surface area contributed by atoms with Crippen LogP contribution in [0.4, 0.5) is 0 Å². The minimum Gasteiger partial charge on any atom is -0.381 e. The van der Waals surface area contributed by atoms with Gasteiger partial charge in [0.1, 0.15) is 0 Å². The zero-order valence-corrected chi connectivity index (χ0v) is 12.4. The predicted octanol–water partition coefficient (Wildman–Crippen LogP) is 3.38. The number of hydrogen-bond donors (Lipinski definition) is 0. The highest BCUT2D eigenvalue weighted by atomic mass is 35.5. The zero-order chi connectivity index (χ0) is 13.8. The first kappa shape index (κ1) is 14.6. The number of benzene rings is 1. The lowest BCUT2D eigenvalue weighted by molar-refractivity contribution is -0.137. The molecule has 2 rings (SSSR count). The average molecular weight is 302 g/mol. The van der Waals surface area contributed by atoms with Gasteiger partial charge in [-0.3, -0.25) is 4.79 Å². The molecule has 0 atom stereocenters. The fourth-order valence-corrected chi connectivity index (χ4v) is 2.57. The van der Waals surface area contributed by atoms with Crippen molar-refractivity contribution in [1.29, 1.82) is 0 Å². The molecule has 104 valence electrons. The normalized spacial score (nSPS) is 16.4. The van der Waals surface area contributed by atoms with E-state index in [9.17, 15) is 4.79 Å². The van der Waals surface area contributed by atoms with E-state index in [4.69, 9.17) is 27.9 Å². The van der Waals surface area contributed by atoms with Crippen molar-refractivity contribution in [3.63, 3.8) is 0 Å². The van der Waals surface area contributed by atoms with Gasteiger partial charge in [-0.1, -0.05) is 29.3 Å². The van der Waals surface area contributed by atoms with E-state index in [-0.39, 0.29) is 11.8 Å². The minimum absolute atomic E-state index is 0.0847. The zero-order valence-electron chi connectivity index (χ0n) is 10.9. The molecule has 1 aromatic rings. The third-order valence-corrected chi connectivity index (χ3v) is 4.09. The van der Waals surface area contributed by atoms with Crippen LogP contribution < -0.4 is 0 Å². The van der Waals surface area contributed by atoms with Crippen LogP contribution in [0.3, 0.4) is 0 Å². The Hall–Kier alpha value is -0.770. The Kier molecular flexibility index (Phi) is 5.08. The Labute approximate surface area is 123 Å². The van der Waals surface area contributed by atoms with Crippen molar-refractivity contribution in [3.05, 3.63) is 33.8 Å². The molecule has 0 aliphatic carbocycles. The highest BCUT2D eigenvalue weighted by Crippen LogP contribution is 2.24. The Morgan fingerprint density at radius 1 is 1.32 bits per heavy atom. The van der Waals surface area contributed by atoms with E-state index in [1.165, 1.54) is 0 Å². The molecule has 0 N–H and O–H groups in total. The van der Waals surface area contributed by atoms with Gasteiger partial charge in [0.2, 0.25) is 5.91 Å². The Bertz CT molecular complexity index is 459. The molecule has 1 amide bonds. The summed E-state index contributed by atoms with van der Waals surface area (Å²) in [5.74, 6) is 0.260. The van der Waals surface area contributed by atoms with Gasteiger partial charge in [-0.2, -0.15) is 0 Å². The van der Waals surface area contributed by atoms with Gasteiger partial charge < -0.3 is 9.64 Å². The second kappa shape index (κ2) is 6.60. The van der Waals surface area contributed by atoms with Crippen LogP contribution in [0.1, 0.15) is 18.4 Å². The molecule has 1 heterocycles. The molecule has 3 nitrogen and oxygen atoms in total. The Morgan fingerprint density at radius 3 is 2.63 bits per heavy atom. The van der Waals surface area contributed by atoms with Crippen LogP contribution in [-0.2, 0) is 16.1 Å². The van der Waals surface area contributed by atoms with Crippen molar-refractivity contribution in [3.8, 4) is 0 Å². The molecule has 0 bridgehead atoms. The van der Waals surface area contributed by atoms with Gasteiger partial charge in [-0.15, -0.1) is 0 Å². The van der Waals surface area contributed by atoms with Crippen molar-refractivity contribution >= 4 is 29.1 Å². The van der Waals surface area contributed by atoms with Crippen molar-refractivity contribution < 1.29 is 9.53 Å². The highest BCUT2D eigenvalue weighted by Gasteiger charge is 2.24. The summed E-state index contributed by atoms with van der Waals surface area (Å²) in [5, 5.41) is 1.05. The molecule has 1 aliphatic heterocycles. The minimum atomic E-state index is 0.0847. The largest absolute Gasteiger partial charge is 0.381 e. The quantitative estimate of drug-likeness (QED) is 0.856. The number of carbonyl (C=O) groups excluding carboxylic acids is 1. The van der Waals surface area contributed by atoms with Crippen molar-refractivity contribution in [1.82, 2.24) is 4.90 Å². The van der Waals surface area contributed by atoms with Crippen LogP contribution in [-0.4, -0.2) is 31.1 Å². The van der Waals surface area contributed by atoms with Gasteiger partial charge in [0, 0.05) is 32.7 Å². The summed E-state index contributed by atoms with van der Waals surface area (Å²) in [5.41, 5.74) is 0.984. The lowest BCUT2D eigenvalue weighted by Gasteiger charge is -2.26. The summed E-state index contributed by atoms with van der Waals surface area (Å²) in [6, 6.07) is 5.45. The molecule has 19 heavy (non-hydrogen) atoms. The van der Waals surface area contributed by atoms with Crippen molar-refractivity contribution in [2.24, 2.45) is 5.92 Å². The molecule has 0 unspecified atom stereocenters. The molecular formula is C14H17Cl2NO2. The summed E-state index contributed by atoms with van der Waals surface area (Å²) >= 11 is 11.8. The molecule has 1 fully saturated rings. The Balaban J connectivity index is 1.97. The number of carbonyl (C=O) groups is 1. The van der Waals surface area contributed by atoms with E-state index in [2.05, 4.69) is 0 Å². The number of ether oxygens (including phenoxy) is 1. The maximum absolute atomic E-state index is 12.3. The summed E-state index contributed by atoms with van der Waals surface area (Å²) < 4.78 is 5.27. The third-order valence-electron chi connectivity index (χ3n) is 3.35. The standard InChI is InChI=1S/C14H17Cl2NO2/c1-17(14(18)11-4-6-19-7-5-11)9-10-2-3-12(15)13(16)8-10/h2-3,8,11H,4-7,9H2,1H3. The number of hydrogen-bond acceptors (Lipinski definition) is 2. The fraction of sp³-hybridized carbons (Fsp3) is 0.500. The molecule has 0 spiro atoms. The van der Waals surface area contributed by atoms with Crippen molar-refractivity contribution in [2.75, 3.05) is 20.3 Å². The van der Waals surface area contributed by atoms with Crippen LogP contribution >= 0.6 is 23.2 Å². The Morgan fingerprint density at radius 2 is 2.00 bits per heavy atom. The summed E-state index contributed by atoms with van der Waals surface area (Å²) in [6.07, 6.45) is 1.62. The molecule has 0 saturated carbocycles. The van der Waals surface area contributed by atoms with E-state index < -0.39 is 0 Å². The number of rotatable bonds is 3. The van der Waals surface area contributed by atoms with Gasteiger partial charge in [-0.25, -0.2) is 0 Å². The SMILES string of the molecule is CN(Cc1ccc(Cl)c(Cl)c1)C(=O)C1CCOCC1. The number of amides is 1. The van der Waals surface area contributed by atoms with E-state index >= 15 is 0 Å². The molecule has 5 heteroatoms. The molecule has 0 aromatic heterocycles. The van der Waals surface area contributed by atoms with Crippen molar-refractivity contribution in [2.45, 2.75) is 19.4 Å². The molecule has 1 aliphatic rings. The van der Waals surface area contributed by atoms with Gasteiger partial charge in [-0.05, 0) is 30.5 Å². The maximum atomic E-state index is 12.3. The summed E-state index contributed by atoms with van der Waals surface area (Å²) in [4.78, 5) is 14.0. The van der Waals surface area contributed by atoms with E-state index in [1.807, 2.05) is 13.1 Å². The van der Waals surface area contributed by atoms with E-state index in [0.29, 0.717) is 29.8 Å². The van der Waals surface area contributed by atoms with Gasteiger partial charge in [0.25, 0.3) is 0 Å². The second-order valence-corrected chi connectivity index (χ2v) is 5.64. The van der Waals surface area contributed by atoms with Gasteiger partial charge >= 0.3 is 0 Å². The topological polar surface area (TPSA) is 29.5 Å². The first-order valence-corrected chi connectivity index (χ1v) is 7.10. The van der Waals surface area contributed by atoms with E-state index in [1.54, 1.807) is 17.0 Å². The van der Waals surface area contributed by atoms with Crippen LogP contribution in [0.15, 0.2) is 18.2 Å². The number of nitrogens with zero attached hydrogens (tertiary/aromatic N) is 1. The summed E-state index contributed by atoms with van der Waals surface area (Å²) in [6.45, 7) is 1.90. The highest BCUT2D eigenvalue weighted by molar-refractivity contribution is 6.42. The molecule has 1 saturated heterocycles. The van der Waals surface area contributed by atoms with Gasteiger partial charge in [0.15, 0.2) is 0 Å². The van der Waals surface area contributed by atoms with Crippen LogP contribution in [0, 0.1) is 5.92 Å². The molecule has 1 aromatic carbocycles. The number of halogens is 2. The predicted molar refractivity (Wildman–Crippen MR) is 76.5 cm³/mol. The lowest BCUT2D eigenvalue weighted by Crippen LogP contribution is -2.35. The maximum Gasteiger partial charge on any atom is 0.225 e. The molecular weight excluding hydrogens is 285 g/mol. The van der Waals surface area contributed by atoms with Crippen LogP contribution in [0.2, 0.25) is 10.0 Å². The fourth-order valence-electron chi connectivity index (χ4n) is 2.25. The molecule has 0 radical (unpaired) electrons. The smallest absolute Gasteiger partial charge is 0.225 e. The summed E-state index contributed by atoms with van der Waals surface area (Å²) in [7, 11) is 1.82. The average Bonchev–Trinajstić information content (AvgIpc) is 2.43. The monoisotopic (exact) mass is 301 g/mol. The van der Waals surface area contributed by atoms with Crippen LogP contribution in [0.25, 0.3) is 0 Å². The van der Waals surface area contributed by atoms with Crippen LogP contribution in [0.5, 0.6) is 0 Å². The first-order valence-electron chi connectivity index (χ1n) is 6.34. The second-order valence-electron chi connectivity index (χ2n) is 4.83. The van der Waals surface area contributed by atoms with Gasteiger partial charge in [0.05, 0.1) is 10.0 Å². The van der Waals surface area contributed by atoms with E-state index in [0.717, 1.165) is 18.4 Å². The third kappa shape index (κ3) is 3.85. The first-order chi connectivity index (χ1) is 9.08. The lowest BCUT2D eigenvalue weighted by atomic mass is 9.98.